The summed E-state index contributed by atoms with van der Waals surface area (Å²) in [4.78, 5) is 24.8. The van der Waals surface area contributed by atoms with Gasteiger partial charge in [-0.25, -0.2) is 0 Å². The zero-order valence-electron chi connectivity index (χ0n) is 11.5. The van der Waals surface area contributed by atoms with Crippen LogP contribution in [-0.2, 0) is 6.42 Å². The Balaban J connectivity index is 2.47. The highest BCUT2D eigenvalue weighted by atomic mass is 35.5. The van der Waals surface area contributed by atoms with Crippen LogP contribution in [0.15, 0.2) is 16.9 Å². The minimum absolute atomic E-state index is 0.0581. The molecule has 1 aliphatic rings. The maximum atomic E-state index is 12.6. The minimum Gasteiger partial charge on any atom is -0.428 e. The lowest BCUT2D eigenvalue weighted by molar-refractivity contribution is 0.0885. The molecule has 0 amide bonds. The van der Waals surface area contributed by atoms with Gasteiger partial charge in [-0.1, -0.05) is 37.0 Å². The molecule has 2 aromatic rings. The molecule has 0 saturated heterocycles. The van der Waals surface area contributed by atoms with Gasteiger partial charge in [0, 0.05) is 6.42 Å². The molecule has 1 aromatic heterocycles. The van der Waals surface area contributed by atoms with Crippen LogP contribution < -0.4 is 5.43 Å². The number of rotatable bonds is 0. The number of nitrogens with zero attached hydrogens (tertiary/aromatic N) is 1. The fourth-order valence-corrected chi connectivity index (χ4v) is 3.22. The molecule has 21 heavy (non-hydrogen) atoms. The summed E-state index contributed by atoms with van der Waals surface area (Å²) < 4.78 is 0.896. The molecule has 0 atom stereocenters. The lowest BCUT2D eigenvalue weighted by Gasteiger charge is -2.30. The summed E-state index contributed by atoms with van der Waals surface area (Å²) in [6.07, 6.45) is 0.720. The normalized spacial score (nSPS) is 17.0. The molecule has 1 aromatic carbocycles. The van der Waals surface area contributed by atoms with Gasteiger partial charge in [0.15, 0.2) is 5.78 Å². The molecule has 0 spiro atoms. The van der Waals surface area contributed by atoms with E-state index in [1.54, 1.807) is 0 Å². The van der Waals surface area contributed by atoms with Crippen molar-refractivity contribution in [1.29, 1.82) is 0 Å². The number of hydrogen-bond acceptors (Lipinski definition) is 3. The van der Waals surface area contributed by atoms with E-state index in [4.69, 9.17) is 23.2 Å². The average Bonchev–Trinajstić information content (AvgIpc) is 2.36. The second-order valence-electron chi connectivity index (χ2n) is 6.19. The molecular weight excluding hydrogens is 313 g/mol. The third kappa shape index (κ3) is 2.14. The summed E-state index contributed by atoms with van der Waals surface area (Å²) in [5.41, 5.74) is -0.0388. The molecule has 110 valence electrons. The number of halogens is 2. The fourth-order valence-electron chi connectivity index (χ4n) is 2.90. The van der Waals surface area contributed by atoms with E-state index in [-0.39, 0.29) is 44.1 Å². The summed E-state index contributed by atoms with van der Waals surface area (Å²) in [5.74, 6) is -0.248. The van der Waals surface area contributed by atoms with E-state index in [2.05, 4.69) is 0 Å². The third-order valence-electron chi connectivity index (χ3n) is 3.85. The zero-order valence-corrected chi connectivity index (χ0v) is 13.0. The lowest BCUT2D eigenvalue weighted by atomic mass is 9.75. The Hall–Kier alpha value is -1.52. The average molecular weight is 326 g/mol. The Morgan fingerprint density at radius 1 is 1.14 bits per heavy atom. The number of ketones is 1. The molecule has 4 nitrogen and oxygen atoms in total. The summed E-state index contributed by atoms with van der Waals surface area (Å²) in [6.45, 7) is 3.86. The number of benzene rings is 1. The molecule has 0 saturated carbocycles. The van der Waals surface area contributed by atoms with E-state index in [1.807, 2.05) is 13.8 Å². The van der Waals surface area contributed by atoms with E-state index in [1.165, 1.54) is 12.1 Å². The fraction of sp³-hybridized carbons (Fsp3) is 0.333. The van der Waals surface area contributed by atoms with Crippen molar-refractivity contribution < 1.29 is 10.0 Å². The molecule has 0 bridgehead atoms. The number of carbonyl (C=O) groups is 1. The van der Waals surface area contributed by atoms with Crippen LogP contribution in [0.1, 0.15) is 36.3 Å². The van der Waals surface area contributed by atoms with Gasteiger partial charge in [0.1, 0.15) is 0 Å². The zero-order chi connectivity index (χ0) is 15.5. The number of fused-ring (bicyclic) bond motifs is 2. The predicted molar refractivity (Wildman–Crippen MR) is 81.8 cm³/mol. The first-order valence-electron chi connectivity index (χ1n) is 6.50. The molecule has 6 heteroatoms. The summed E-state index contributed by atoms with van der Waals surface area (Å²) in [6, 6.07) is 2.83. The summed E-state index contributed by atoms with van der Waals surface area (Å²) in [5, 5.41) is 11.1. The first kappa shape index (κ1) is 14.4. The van der Waals surface area contributed by atoms with Crippen LogP contribution in [0.2, 0.25) is 10.0 Å². The van der Waals surface area contributed by atoms with Gasteiger partial charge in [-0.15, -0.1) is 0 Å². The van der Waals surface area contributed by atoms with E-state index >= 15 is 0 Å². The van der Waals surface area contributed by atoms with Crippen molar-refractivity contribution in [1.82, 2.24) is 4.73 Å². The van der Waals surface area contributed by atoms with E-state index in [9.17, 15) is 14.8 Å². The Kier molecular flexibility index (Phi) is 3.08. The van der Waals surface area contributed by atoms with Gasteiger partial charge in [0.2, 0.25) is 5.43 Å². The molecule has 0 aliphatic heterocycles. The molecule has 0 radical (unpaired) electrons. The predicted octanol–water partition coefficient (Wildman–Crippen LogP) is 3.70. The van der Waals surface area contributed by atoms with Gasteiger partial charge in [-0.2, -0.15) is 4.73 Å². The largest absolute Gasteiger partial charge is 0.428 e. The van der Waals surface area contributed by atoms with Crippen molar-refractivity contribution in [2.75, 3.05) is 0 Å². The quantitative estimate of drug-likeness (QED) is 0.751. The van der Waals surface area contributed by atoms with Crippen molar-refractivity contribution in [3.05, 3.63) is 43.7 Å². The Morgan fingerprint density at radius 2 is 1.76 bits per heavy atom. The highest BCUT2D eigenvalue weighted by molar-refractivity contribution is 6.42. The van der Waals surface area contributed by atoms with E-state index in [0.717, 1.165) is 4.73 Å². The molecule has 0 fully saturated rings. The first-order chi connectivity index (χ1) is 9.71. The smallest absolute Gasteiger partial charge is 0.200 e. The van der Waals surface area contributed by atoms with Gasteiger partial charge < -0.3 is 5.21 Å². The van der Waals surface area contributed by atoms with Crippen molar-refractivity contribution in [2.24, 2.45) is 5.41 Å². The van der Waals surface area contributed by atoms with E-state index in [0.29, 0.717) is 12.1 Å². The first-order valence-corrected chi connectivity index (χ1v) is 7.26. The van der Waals surface area contributed by atoms with Crippen LogP contribution >= 0.6 is 23.2 Å². The SMILES string of the molecule is CC1(C)CC(=O)c2c(n(O)c3cc(Cl)c(Cl)cc3c2=O)C1. The van der Waals surface area contributed by atoms with Crippen LogP contribution in [0.3, 0.4) is 0 Å². The standard InChI is InChI=1S/C15H13Cl2NO3/c1-15(2)5-11-13(12(19)6-15)14(20)7-3-8(16)9(17)4-10(7)18(11)21/h3-4,21H,5-6H2,1-2H3. The summed E-state index contributed by atoms with van der Waals surface area (Å²) >= 11 is 11.9. The highest BCUT2D eigenvalue weighted by Gasteiger charge is 2.35. The van der Waals surface area contributed by atoms with Crippen molar-refractivity contribution >= 4 is 39.9 Å². The maximum Gasteiger partial charge on any atom is 0.200 e. The van der Waals surface area contributed by atoms with Crippen LogP contribution in [0.5, 0.6) is 0 Å². The molecule has 1 heterocycles. The van der Waals surface area contributed by atoms with Crippen LogP contribution in [0, 0.1) is 5.41 Å². The maximum absolute atomic E-state index is 12.6. The van der Waals surface area contributed by atoms with E-state index < -0.39 is 5.43 Å². The number of Topliss-reactive ketones (excluding diaryl/α,β-unsaturated/α-hetero) is 1. The number of aromatic nitrogens is 1. The monoisotopic (exact) mass is 325 g/mol. The molecule has 1 N–H and O–H groups in total. The van der Waals surface area contributed by atoms with Gasteiger partial charge in [0.05, 0.1) is 32.2 Å². The molecule has 1 aliphatic carbocycles. The Morgan fingerprint density at radius 3 is 2.43 bits per heavy atom. The molecular formula is C15H13Cl2NO3. The van der Waals surface area contributed by atoms with Crippen molar-refractivity contribution in [3.63, 3.8) is 0 Å². The lowest BCUT2D eigenvalue weighted by Crippen LogP contribution is -2.35. The summed E-state index contributed by atoms with van der Waals surface area (Å²) in [7, 11) is 0. The second kappa shape index (κ2) is 4.49. The third-order valence-corrected chi connectivity index (χ3v) is 4.57. The number of carbonyl (C=O) groups excluding carboxylic acids is 1. The highest BCUT2D eigenvalue weighted by Crippen LogP contribution is 2.35. The van der Waals surface area contributed by atoms with Gasteiger partial charge >= 0.3 is 0 Å². The second-order valence-corrected chi connectivity index (χ2v) is 7.00. The molecule has 3 rings (SSSR count). The van der Waals surface area contributed by atoms with Crippen molar-refractivity contribution in [2.45, 2.75) is 26.7 Å². The minimum atomic E-state index is -0.399. The van der Waals surface area contributed by atoms with Crippen LogP contribution in [-0.4, -0.2) is 15.7 Å². The van der Waals surface area contributed by atoms with Crippen molar-refractivity contribution in [3.8, 4) is 0 Å². The van der Waals surface area contributed by atoms with Crippen LogP contribution in [0.25, 0.3) is 10.9 Å². The Bertz CT molecular complexity index is 852. The van der Waals surface area contributed by atoms with Gasteiger partial charge in [-0.3, -0.25) is 9.59 Å². The van der Waals surface area contributed by atoms with Gasteiger partial charge in [0.25, 0.3) is 0 Å². The topological polar surface area (TPSA) is 59.3 Å². The van der Waals surface area contributed by atoms with Crippen LogP contribution in [0.4, 0.5) is 0 Å². The number of pyridine rings is 1. The molecule has 0 unspecified atom stereocenters. The Labute approximate surface area is 130 Å². The number of hydrogen-bond donors (Lipinski definition) is 1. The van der Waals surface area contributed by atoms with Gasteiger partial charge in [-0.05, 0) is 24.0 Å².